The summed E-state index contributed by atoms with van der Waals surface area (Å²) in [5, 5.41) is 13.8. The predicted molar refractivity (Wildman–Crippen MR) is 77.8 cm³/mol. The van der Waals surface area contributed by atoms with Crippen LogP contribution in [0.2, 0.25) is 0 Å². The fraction of sp³-hybridized carbons (Fsp3) is 0.538. The minimum atomic E-state index is 0.520. The Morgan fingerprint density at radius 2 is 2.33 bits per heavy atom. The lowest BCUT2D eigenvalue weighted by molar-refractivity contribution is 0.254. The quantitative estimate of drug-likeness (QED) is 0.588. The lowest BCUT2D eigenvalue weighted by Gasteiger charge is -2.19. The maximum Gasteiger partial charge on any atom is 0.163 e. The highest BCUT2D eigenvalue weighted by atomic mass is 15.3. The van der Waals surface area contributed by atoms with Gasteiger partial charge in [0.2, 0.25) is 0 Å². The molecule has 8 nitrogen and oxygen atoms in total. The molecule has 0 spiro atoms. The van der Waals surface area contributed by atoms with Crippen molar-refractivity contribution in [1.82, 2.24) is 24.6 Å². The molecule has 1 saturated carbocycles. The van der Waals surface area contributed by atoms with Crippen molar-refractivity contribution in [2.45, 2.75) is 31.8 Å². The second-order valence-electron chi connectivity index (χ2n) is 5.25. The van der Waals surface area contributed by atoms with Gasteiger partial charge in [0.15, 0.2) is 11.5 Å². The van der Waals surface area contributed by atoms with Gasteiger partial charge < -0.3 is 5.43 Å². The molecule has 0 amide bonds. The van der Waals surface area contributed by atoms with Gasteiger partial charge in [-0.2, -0.15) is 10.4 Å². The highest BCUT2D eigenvalue weighted by Gasteiger charge is 2.29. The number of nitrogens with zero attached hydrogens (tertiary/aromatic N) is 6. The highest BCUT2D eigenvalue weighted by Crippen LogP contribution is 2.28. The van der Waals surface area contributed by atoms with E-state index in [1.165, 1.54) is 12.8 Å². The second kappa shape index (κ2) is 5.63. The molecule has 8 heteroatoms. The van der Waals surface area contributed by atoms with Crippen LogP contribution in [0.25, 0.3) is 11.0 Å². The Labute approximate surface area is 122 Å². The molecular formula is C13H18N8. The van der Waals surface area contributed by atoms with Crippen molar-refractivity contribution in [3.63, 3.8) is 0 Å². The number of hydrogen-bond acceptors (Lipinski definition) is 7. The van der Waals surface area contributed by atoms with Crippen molar-refractivity contribution in [2.24, 2.45) is 12.9 Å². The third-order valence-corrected chi connectivity index (χ3v) is 3.69. The minimum absolute atomic E-state index is 0.520. The standard InChI is InChI=1S/C13H18N8/c1-20-13-10(7-16-20)12(19-15)17-11(18-13)8-21(6-2-5-14)9-3-4-9/h7,9H,2-4,6,8,15H2,1H3,(H,17,18,19). The summed E-state index contributed by atoms with van der Waals surface area (Å²) in [4.78, 5) is 11.3. The largest absolute Gasteiger partial charge is 0.308 e. The van der Waals surface area contributed by atoms with Gasteiger partial charge in [-0.05, 0) is 12.8 Å². The van der Waals surface area contributed by atoms with Crippen LogP contribution in [-0.4, -0.2) is 37.2 Å². The third-order valence-electron chi connectivity index (χ3n) is 3.69. The first kappa shape index (κ1) is 13.7. The number of fused-ring (bicyclic) bond motifs is 1. The molecule has 1 aliphatic carbocycles. The van der Waals surface area contributed by atoms with E-state index in [2.05, 4.69) is 31.5 Å². The Balaban J connectivity index is 1.88. The monoisotopic (exact) mass is 286 g/mol. The fourth-order valence-electron chi connectivity index (χ4n) is 2.45. The molecule has 1 aliphatic rings. The molecule has 21 heavy (non-hydrogen) atoms. The minimum Gasteiger partial charge on any atom is -0.308 e. The van der Waals surface area contributed by atoms with E-state index in [1.807, 2.05) is 7.05 Å². The van der Waals surface area contributed by atoms with Gasteiger partial charge in [0, 0.05) is 26.1 Å². The van der Waals surface area contributed by atoms with Crippen LogP contribution in [0.1, 0.15) is 25.1 Å². The first-order chi connectivity index (χ1) is 10.2. The van der Waals surface area contributed by atoms with Crippen molar-refractivity contribution in [2.75, 3.05) is 12.0 Å². The molecule has 2 aromatic heterocycles. The number of nitriles is 1. The van der Waals surface area contributed by atoms with Crippen LogP contribution in [0.4, 0.5) is 5.82 Å². The second-order valence-corrected chi connectivity index (χ2v) is 5.25. The Morgan fingerprint density at radius 1 is 1.52 bits per heavy atom. The third kappa shape index (κ3) is 2.79. The van der Waals surface area contributed by atoms with Crippen LogP contribution in [0.3, 0.4) is 0 Å². The molecule has 3 N–H and O–H groups in total. The summed E-state index contributed by atoms with van der Waals surface area (Å²) in [6.07, 6.45) is 4.58. The van der Waals surface area contributed by atoms with Crippen molar-refractivity contribution in [3.8, 4) is 6.07 Å². The molecule has 0 unspecified atom stereocenters. The fourth-order valence-corrected chi connectivity index (χ4v) is 2.45. The van der Waals surface area contributed by atoms with Gasteiger partial charge in [-0.1, -0.05) is 0 Å². The van der Waals surface area contributed by atoms with Crippen molar-refractivity contribution in [3.05, 3.63) is 12.0 Å². The first-order valence-electron chi connectivity index (χ1n) is 6.99. The van der Waals surface area contributed by atoms with E-state index < -0.39 is 0 Å². The number of nitrogens with two attached hydrogens (primary N) is 1. The van der Waals surface area contributed by atoms with Gasteiger partial charge >= 0.3 is 0 Å². The Kier molecular flexibility index (Phi) is 3.68. The van der Waals surface area contributed by atoms with Crippen LogP contribution < -0.4 is 11.3 Å². The molecule has 110 valence electrons. The molecule has 0 aromatic carbocycles. The SMILES string of the molecule is Cn1ncc2c(NN)nc(CN(CCC#N)C3CC3)nc21. The lowest BCUT2D eigenvalue weighted by Crippen LogP contribution is -2.28. The number of nitrogen functional groups attached to an aromatic ring is 1. The molecule has 0 aliphatic heterocycles. The van der Waals surface area contributed by atoms with Crippen LogP contribution in [0.5, 0.6) is 0 Å². The van der Waals surface area contributed by atoms with E-state index in [4.69, 9.17) is 11.1 Å². The van der Waals surface area contributed by atoms with Crippen LogP contribution in [-0.2, 0) is 13.6 Å². The molecule has 0 radical (unpaired) electrons. The van der Waals surface area contributed by atoms with Gasteiger partial charge in [-0.25, -0.2) is 15.8 Å². The van der Waals surface area contributed by atoms with E-state index in [-0.39, 0.29) is 0 Å². The normalized spacial score (nSPS) is 14.6. The highest BCUT2D eigenvalue weighted by molar-refractivity contribution is 5.86. The maximum absolute atomic E-state index is 8.77. The zero-order chi connectivity index (χ0) is 14.8. The van der Waals surface area contributed by atoms with E-state index in [9.17, 15) is 0 Å². The molecule has 0 atom stereocenters. The molecule has 3 rings (SSSR count). The predicted octanol–water partition coefficient (Wildman–Crippen LogP) is 0.527. The van der Waals surface area contributed by atoms with E-state index in [1.54, 1.807) is 10.9 Å². The van der Waals surface area contributed by atoms with E-state index in [0.29, 0.717) is 30.6 Å². The summed E-state index contributed by atoms with van der Waals surface area (Å²) in [7, 11) is 1.84. The number of anilines is 1. The maximum atomic E-state index is 8.77. The molecular weight excluding hydrogens is 268 g/mol. The topological polar surface area (TPSA) is 109 Å². The lowest BCUT2D eigenvalue weighted by atomic mass is 10.3. The molecule has 2 heterocycles. The van der Waals surface area contributed by atoms with Crippen LogP contribution in [0, 0.1) is 11.3 Å². The van der Waals surface area contributed by atoms with Gasteiger partial charge in [0.1, 0.15) is 5.82 Å². The zero-order valence-electron chi connectivity index (χ0n) is 12.0. The van der Waals surface area contributed by atoms with E-state index >= 15 is 0 Å². The average molecular weight is 286 g/mol. The summed E-state index contributed by atoms with van der Waals surface area (Å²) < 4.78 is 1.71. The first-order valence-corrected chi connectivity index (χ1v) is 6.99. The number of hydrazine groups is 1. The van der Waals surface area contributed by atoms with Crippen LogP contribution >= 0.6 is 0 Å². The van der Waals surface area contributed by atoms with Crippen molar-refractivity contribution >= 4 is 16.9 Å². The summed E-state index contributed by atoms with van der Waals surface area (Å²) in [6, 6.07) is 2.75. The summed E-state index contributed by atoms with van der Waals surface area (Å²) in [5.41, 5.74) is 3.36. The summed E-state index contributed by atoms with van der Waals surface area (Å²) in [5.74, 6) is 6.82. The average Bonchev–Trinajstić information content (AvgIpc) is 3.27. The van der Waals surface area contributed by atoms with Gasteiger partial charge in [-0.3, -0.25) is 9.58 Å². The number of nitrogens with one attached hydrogen (secondary N) is 1. The van der Waals surface area contributed by atoms with Crippen molar-refractivity contribution < 1.29 is 0 Å². The smallest absolute Gasteiger partial charge is 0.163 e. The zero-order valence-corrected chi connectivity index (χ0v) is 12.0. The molecule has 0 saturated heterocycles. The Morgan fingerprint density at radius 3 is 3.00 bits per heavy atom. The molecule has 1 fully saturated rings. The summed E-state index contributed by atoms with van der Waals surface area (Å²) >= 11 is 0. The number of aromatic nitrogens is 4. The van der Waals surface area contributed by atoms with Crippen molar-refractivity contribution in [1.29, 1.82) is 5.26 Å². The van der Waals surface area contributed by atoms with Gasteiger partial charge in [0.05, 0.1) is 24.2 Å². The van der Waals surface area contributed by atoms with E-state index in [0.717, 1.165) is 17.6 Å². The molecule has 2 aromatic rings. The van der Waals surface area contributed by atoms with Crippen LogP contribution in [0.15, 0.2) is 6.20 Å². The van der Waals surface area contributed by atoms with Gasteiger partial charge in [0.25, 0.3) is 0 Å². The molecule has 0 bridgehead atoms. The Bertz CT molecular complexity index is 681. The Hall–Kier alpha value is -2.24. The number of hydrogen-bond donors (Lipinski definition) is 2. The van der Waals surface area contributed by atoms with Gasteiger partial charge in [-0.15, -0.1) is 0 Å². The summed E-state index contributed by atoms with van der Waals surface area (Å²) in [6.45, 7) is 1.38. The number of aryl methyl sites for hydroxylation is 1. The number of rotatable bonds is 6.